The lowest BCUT2D eigenvalue weighted by atomic mass is 10.0. The molecule has 0 fully saturated rings. The zero-order valence-electron chi connectivity index (χ0n) is 16.3. The molecule has 0 unspecified atom stereocenters. The first kappa shape index (κ1) is 19.9. The van der Waals surface area contributed by atoms with Gasteiger partial charge in [-0.15, -0.1) is 10.2 Å². The summed E-state index contributed by atoms with van der Waals surface area (Å²) in [6.45, 7) is 6.13. The van der Waals surface area contributed by atoms with Crippen LogP contribution in [-0.4, -0.2) is 26.5 Å². The summed E-state index contributed by atoms with van der Waals surface area (Å²) >= 11 is 1.28. The molecule has 2 aromatic carbocycles. The summed E-state index contributed by atoms with van der Waals surface area (Å²) in [4.78, 5) is 12.4. The molecule has 3 rings (SSSR count). The third-order valence-electron chi connectivity index (χ3n) is 4.53. The molecule has 0 saturated carbocycles. The quantitative estimate of drug-likeness (QED) is 0.471. The zero-order chi connectivity index (χ0) is 20.1. The molecule has 0 bridgehead atoms. The van der Waals surface area contributed by atoms with Crippen molar-refractivity contribution < 1.29 is 4.79 Å². The Hall–Kier alpha value is -2.80. The molecule has 0 aliphatic rings. The SMILES string of the molecule is CC[C@H](NC(=O)CSc1nnc(-c2ccc(C)cc2)n1N)c1ccc(C)cc1. The number of aryl methyl sites for hydroxylation is 2. The van der Waals surface area contributed by atoms with Crippen LogP contribution >= 0.6 is 11.8 Å². The molecule has 1 atom stereocenters. The molecule has 146 valence electrons. The average molecular weight is 396 g/mol. The number of benzene rings is 2. The van der Waals surface area contributed by atoms with E-state index in [0.29, 0.717) is 11.0 Å². The maximum Gasteiger partial charge on any atom is 0.230 e. The standard InChI is InChI=1S/C21H25N5OS/c1-4-18(16-9-5-14(2)6-10-16)23-19(27)13-28-21-25-24-20(26(21)22)17-11-7-15(3)8-12-17/h5-12,18H,4,13,22H2,1-3H3,(H,23,27)/t18-/m0/s1. The lowest BCUT2D eigenvalue weighted by Crippen LogP contribution is -2.29. The highest BCUT2D eigenvalue weighted by Crippen LogP contribution is 2.22. The Morgan fingerprint density at radius 1 is 1.07 bits per heavy atom. The molecule has 7 heteroatoms. The van der Waals surface area contributed by atoms with E-state index in [1.54, 1.807) is 0 Å². The summed E-state index contributed by atoms with van der Waals surface area (Å²) in [6, 6.07) is 16.1. The van der Waals surface area contributed by atoms with Crippen LogP contribution in [-0.2, 0) is 4.79 Å². The molecule has 6 nitrogen and oxygen atoms in total. The molecule has 3 N–H and O–H groups in total. The minimum atomic E-state index is -0.0580. The lowest BCUT2D eigenvalue weighted by molar-refractivity contribution is -0.119. The Kier molecular flexibility index (Phi) is 6.36. The molecule has 0 radical (unpaired) electrons. The normalized spacial score (nSPS) is 12.0. The van der Waals surface area contributed by atoms with Gasteiger partial charge < -0.3 is 11.2 Å². The summed E-state index contributed by atoms with van der Waals surface area (Å²) in [5, 5.41) is 11.9. The number of rotatable bonds is 7. The van der Waals surface area contributed by atoms with Crippen molar-refractivity contribution in [2.45, 2.75) is 38.4 Å². The van der Waals surface area contributed by atoms with E-state index in [1.807, 2.05) is 38.1 Å². The lowest BCUT2D eigenvalue weighted by Gasteiger charge is -2.17. The van der Waals surface area contributed by atoms with E-state index in [9.17, 15) is 4.79 Å². The Balaban J connectivity index is 1.61. The number of nitrogens with one attached hydrogen (secondary N) is 1. The van der Waals surface area contributed by atoms with Crippen LogP contribution in [0.4, 0.5) is 0 Å². The maximum atomic E-state index is 12.4. The molecule has 0 aliphatic carbocycles. The number of aromatic nitrogens is 3. The third-order valence-corrected chi connectivity index (χ3v) is 5.47. The van der Waals surface area contributed by atoms with Crippen molar-refractivity contribution in [1.29, 1.82) is 0 Å². The molecule has 3 aromatic rings. The van der Waals surface area contributed by atoms with Crippen LogP contribution in [0.5, 0.6) is 0 Å². The van der Waals surface area contributed by atoms with Gasteiger partial charge in [0.15, 0.2) is 5.82 Å². The second kappa shape index (κ2) is 8.93. The number of hydrogen-bond acceptors (Lipinski definition) is 5. The zero-order valence-corrected chi connectivity index (χ0v) is 17.2. The van der Waals surface area contributed by atoms with Gasteiger partial charge in [0, 0.05) is 5.56 Å². The van der Waals surface area contributed by atoms with Crippen molar-refractivity contribution in [3.05, 3.63) is 65.2 Å². The Bertz CT molecular complexity index is 934. The predicted molar refractivity (Wildman–Crippen MR) is 113 cm³/mol. The van der Waals surface area contributed by atoms with Gasteiger partial charge in [-0.1, -0.05) is 78.3 Å². The van der Waals surface area contributed by atoms with Crippen molar-refractivity contribution in [3.8, 4) is 11.4 Å². The Morgan fingerprint density at radius 2 is 1.68 bits per heavy atom. The Labute approximate surface area is 169 Å². The topological polar surface area (TPSA) is 85.8 Å². The van der Waals surface area contributed by atoms with Gasteiger partial charge in [-0.25, -0.2) is 4.68 Å². The molecule has 1 amide bonds. The number of nitrogen functional groups attached to an aromatic ring is 1. The third kappa shape index (κ3) is 4.72. The number of amides is 1. The summed E-state index contributed by atoms with van der Waals surface area (Å²) in [7, 11) is 0. The average Bonchev–Trinajstić information content (AvgIpc) is 3.06. The fourth-order valence-corrected chi connectivity index (χ4v) is 3.53. The van der Waals surface area contributed by atoms with Crippen molar-refractivity contribution in [1.82, 2.24) is 20.2 Å². The molecule has 0 spiro atoms. The fourth-order valence-electron chi connectivity index (χ4n) is 2.86. The predicted octanol–water partition coefficient (Wildman–Crippen LogP) is 3.64. The van der Waals surface area contributed by atoms with Gasteiger partial charge in [0.25, 0.3) is 0 Å². The molecule has 1 aromatic heterocycles. The second-order valence-electron chi connectivity index (χ2n) is 6.77. The number of hydrogen-bond donors (Lipinski definition) is 2. The van der Waals surface area contributed by atoms with Gasteiger partial charge in [0.1, 0.15) is 0 Å². The molecule has 28 heavy (non-hydrogen) atoms. The summed E-state index contributed by atoms with van der Waals surface area (Å²) in [6.07, 6.45) is 0.824. The van der Waals surface area contributed by atoms with E-state index in [2.05, 4.69) is 46.7 Å². The second-order valence-corrected chi connectivity index (χ2v) is 7.71. The molecular weight excluding hydrogens is 370 g/mol. The van der Waals surface area contributed by atoms with Gasteiger partial charge in [0.2, 0.25) is 11.1 Å². The number of carbonyl (C=O) groups excluding carboxylic acids is 1. The van der Waals surface area contributed by atoms with Gasteiger partial charge in [-0.2, -0.15) is 0 Å². The summed E-state index contributed by atoms with van der Waals surface area (Å²) in [5.74, 6) is 6.88. The molecular formula is C21H25N5OS. The first-order chi connectivity index (χ1) is 13.5. The van der Waals surface area contributed by atoms with Gasteiger partial charge in [0.05, 0.1) is 11.8 Å². The van der Waals surface area contributed by atoms with Crippen LogP contribution in [0.1, 0.15) is 36.1 Å². The van der Waals surface area contributed by atoms with E-state index in [0.717, 1.165) is 23.1 Å². The highest BCUT2D eigenvalue weighted by Gasteiger charge is 2.16. The number of nitrogens with two attached hydrogens (primary N) is 1. The molecule has 1 heterocycles. The van der Waals surface area contributed by atoms with Crippen molar-refractivity contribution >= 4 is 17.7 Å². The largest absolute Gasteiger partial charge is 0.349 e. The van der Waals surface area contributed by atoms with E-state index < -0.39 is 0 Å². The van der Waals surface area contributed by atoms with Crippen LogP contribution in [0.3, 0.4) is 0 Å². The number of nitrogens with zero attached hydrogens (tertiary/aromatic N) is 3. The monoisotopic (exact) mass is 395 g/mol. The molecule has 0 saturated heterocycles. The van der Waals surface area contributed by atoms with E-state index in [1.165, 1.54) is 22.0 Å². The smallest absolute Gasteiger partial charge is 0.230 e. The minimum absolute atomic E-state index is 0.00688. The van der Waals surface area contributed by atoms with Crippen molar-refractivity contribution in [2.75, 3.05) is 11.6 Å². The fraction of sp³-hybridized carbons (Fsp3) is 0.286. The van der Waals surface area contributed by atoms with Gasteiger partial charge in [-0.05, 0) is 25.8 Å². The van der Waals surface area contributed by atoms with E-state index in [-0.39, 0.29) is 17.7 Å². The number of thioether (sulfide) groups is 1. The first-order valence-electron chi connectivity index (χ1n) is 9.24. The van der Waals surface area contributed by atoms with E-state index >= 15 is 0 Å². The van der Waals surface area contributed by atoms with Crippen molar-refractivity contribution in [2.24, 2.45) is 0 Å². The van der Waals surface area contributed by atoms with Crippen LogP contribution < -0.4 is 11.2 Å². The number of carbonyl (C=O) groups is 1. The first-order valence-corrected chi connectivity index (χ1v) is 10.2. The minimum Gasteiger partial charge on any atom is -0.349 e. The maximum absolute atomic E-state index is 12.4. The molecule has 0 aliphatic heterocycles. The Morgan fingerprint density at radius 3 is 2.29 bits per heavy atom. The highest BCUT2D eigenvalue weighted by atomic mass is 32.2. The van der Waals surface area contributed by atoms with Crippen LogP contribution in [0.15, 0.2) is 53.7 Å². The van der Waals surface area contributed by atoms with Crippen molar-refractivity contribution in [3.63, 3.8) is 0 Å². The van der Waals surface area contributed by atoms with Crippen LogP contribution in [0.2, 0.25) is 0 Å². The van der Waals surface area contributed by atoms with Crippen LogP contribution in [0.25, 0.3) is 11.4 Å². The van der Waals surface area contributed by atoms with Gasteiger partial charge in [-0.3, -0.25) is 4.79 Å². The van der Waals surface area contributed by atoms with E-state index in [4.69, 9.17) is 5.84 Å². The summed E-state index contributed by atoms with van der Waals surface area (Å²) in [5.41, 5.74) is 4.36. The van der Waals surface area contributed by atoms with Crippen LogP contribution in [0, 0.1) is 13.8 Å². The highest BCUT2D eigenvalue weighted by molar-refractivity contribution is 7.99. The van der Waals surface area contributed by atoms with Gasteiger partial charge >= 0.3 is 0 Å². The summed E-state index contributed by atoms with van der Waals surface area (Å²) < 4.78 is 1.43.